The molecule has 1 saturated carbocycles. The number of carboxylic acids is 1. The molecular weight excluding hydrogens is 276 g/mol. The molecule has 2 heterocycles. The van der Waals surface area contributed by atoms with E-state index in [1.165, 1.54) is 10.9 Å². The van der Waals surface area contributed by atoms with Gasteiger partial charge in [-0.3, -0.25) is 9.59 Å². The van der Waals surface area contributed by atoms with E-state index in [-0.39, 0.29) is 30.5 Å². The molecule has 1 fully saturated rings. The van der Waals surface area contributed by atoms with Gasteiger partial charge < -0.3 is 15.0 Å². The minimum Gasteiger partial charge on any atom is -0.480 e. The number of anilines is 1. The molecule has 3 rings (SSSR count). The van der Waals surface area contributed by atoms with Crippen LogP contribution < -0.4 is 10.9 Å². The lowest BCUT2D eigenvalue weighted by atomic mass is 10.4. The molecular formula is C12H14N6O3. The summed E-state index contributed by atoms with van der Waals surface area (Å²) in [6, 6.07) is 0.289. The van der Waals surface area contributed by atoms with Gasteiger partial charge in [-0.05, 0) is 12.8 Å². The molecule has 0 unspecified atom stereocenters. The fourth-order valence-corrected chi connectivity index (χ4v) is 2.00. The van der Waals surface area contributed by atoms with E-state index in [2.05, 4.69) is 20.6 Å². The average Bonchev–Trinajstić information content (AvgIpc) is 3.19. The van der Waals surface area contributed by atoms with Gasteiger partial charge in [0, 0.05) is 18.4 Å². The van der Waals surface area contributed by atoms with Crippen LogP contribution in [0.15, 0.2) is 23.4 Å². The van der Waals surface area contributed by atoms with Crippen molar-refractivity contribution in [1.82, 2.24) is 24.5 Å². The number of carbonyl (C=O) groups is 1. The lowest BCUT2D eigenvalue weighted by Crippen LogP contribution is -2.23. The molecule has 0 aliphatic heterocycles. The van der Waals surface area contributed by atoms with Crippen molar-refractivity contribution in [1.29, 1.82) is 0 Å². The summed E-state index contributed by atoms with van der Waals surface area (Å²) < 4.78 is 2.90. The maximum Gasteiger partial charge on any atom is 0.325 e. The highest BCUT2D eigenvalue weighted by Crippen LogP contribution is 2.33. The lowest BCUT2D eigenvalue weighted by molar-refractivity contribution is -0.137. The van der Waals surface area contributed by atoms with E-state index in [0.29, 0.717) is 5.69 Å². The minimum atomic E-state index is -0.989. The summed E-state index contributed by atoms with van der Waals surface area (Å²) >= 11 is 0. The van der Waals surface area contributed by atoms with E-state index in [0.717, 1.165) is 12.8 Å². The van der Waals surface area contributed by atoms with E-state index < -0.39 is 5.97 Å². The van der Waals surface area contributed by atoms with Crippen molar-refractivity contribution in [3.63, 3.8) is 0 Å². The van der Waals surface area contributed by atoms with Crippen LogP contribution in [0.2, 0.25) is 0 Å². The van der Waals surface area contributed by atoms with E-state index in [1.54, 1.807) is 17.0 Å². The van der Waals surface area contributed by atoms with Crippen LogP contribution in [0, 0.1) is 0 Å². The molecule has 0 spiro atoms. The zero-order valence-corrected chi connectivity index (χ0v) is 11.1. The van der Waals surface area contributed by atoms with Crippen LogP contribution in [0.25, 0.3) is 0 Å². The zero-order chi connectivity index (χ0) is 14.8. The first kappa shape index (κ1) is 13.3. The SMILES string of the molecule is O=C(O)Cn1cc(CNc2nccn(C3CC3)c2=O)nn1. The number of aromatic nitrogens is 5. The third-order valence-electron chi connectivity index (χ3n) is 3.13. The Morgan fingerprint density at radius 2 is 2.29 bits per heavy atom. The Balaban J connectivity index is 1.67. The van der Waals surface area contributed by atoms with Crippen LogP contribution in [-0.2, 0) is 17.9 Å². The average molecular weight is 290 g/mol. The minimum absolute atomic E-state index is 0.155. The molecule has 9 heteroatoms. The summed E-state index contributed by atoms with van der Waals surface area (Å²) in [5, 5.41) is 19.1. The Morgan fingerprint density at radius 1 is 1.48 bits per heavy atom. The van der Waals surface area contributed by atoms with Crippen molar-refractivity contribution in [2.75, 3.05) is 5.32 Å². The van der Waals surface area contributed by atoms with Crippen LogP contribution in [0.3, 0.4) is 0 Å². The molecule has 21 heavy (non-hydrogen) atoms. The second-order valence-electron chi connectivity index (χ2n) is 4.87. The molecule has 2 aromatic heterocycles. The number of aliphatic carboxylic acids is 1. The lowest BCUT2D eigenvalue weighted by Gasteiger charge is -2.06. The Kier molecular flexibility index (Phi) is 3.38. The summed E-state index contributed by atoms with van der Waals surface area (Å²) in [5.41, 5.74) is 0.386. The van der Waals surface area contributed by atoms with Crippen LogP contribution in [0.1, 0.15) is 24.6 Å². The molecule has 1 aliphatic rings. The van der Waals surface area contributed by atoms with Crippen molar-refractivity contribution in [2.24, 2.45) is 0 Å². The first-order chi connectivity index (χ1) is 10.1. The third kappa shape index (κ3) is 3.07. The van der Waals surface area contributed by atoms with Crippen molar-refractivity contribution in [3.8, 4) is 0 Å². The van der Waals surface area contributed by atoms with Gasteiger partial charge in [-0.2, -0.15) is 0 Å². The fourth-order valence-electron chi connectivity index (χ4n) is 2.00. The van der Waals surface area contributed by atoms with Gasteiger partial charge in [-0.1, -0.05) is 5.21 Å². The van der Waals surface area contributed by atoms with Crippen molar-refractivity contribution in [2.45, 2.75) is 32.0 Å². The molecule has 1 aliphatic carbocycles. The molecule has 2 aromatic rings. The number of rotatable bonds is 6. The number of carboxylic acid groups (broad SMARTS) is 1. The van der Waals surface area contributed by atoms with Crippen LogP contribution >= 0.6 is 0 Å². The summed E-state index contributed by atoms with van der Waals surface area (Å²) in [7, 11) is 0. The predicted octanol–water partition coefficient (Wildman–Crippen LogP) is -0.134. The van der Waals surface area contributed by atoms with Crippen LogP contribution in [-0.4, -0.2) is 35.6 Å². The molecule has 0 amide bonds. The molecule has 110 valence electrons. The molecule has 0 aromatic carbocycles. The molecule has 0 bridgehead atoms. The van der Waals surface area contributed by atoms with E-state index in [4.69, 9.17) is 5.11 Å². The molecule has 9 nitrogen and oxygen atoms in total. The van der Waals surface area contributed by atoms with E-state index in [9.17, 15) is 9.59 Å². The standard InChI is InChI=1S/C12H14N6O3/c19-10(20)7-17-6-8(15-16-17)5-14-11-12(21)18(4-3-13-11)9-1-2-9/h3-4,6,9H,1-2,5,7H2,(H,13,14)(H,19,20). The predicted molar refractivity (Wildman–Crippen MR) is 71.8 cm³/mol. The van der Waals surface area contributed by atoms with Gasteiger partial charge in [0.1, 0.15) is 12.2 Å². The smallest absolute Gasteiger partial charge is 0.325 e. The van der Waals surface area contributed by atoms with E-state index in [1.807, 2.05) is 0 Å². The third-order valence-corrected chi connectivity index (χ3v) is 3.13. The Labute approximate surface area is 119 Å². The van der Waals surface area contributed by atoms with Crippen molar-refractivity contribution in [3.05, 3.63) is 34.6 Å². The van der Waals surface area contributed by atoms with Crippen molar-refractivity contribution >= 4 is 11.8 Å². The molecule has 0 radical (unpaired) electrons. The van der Waals surface area contributed by atoms with Crippen LogP contribution in [0.4, 0.5) is 5.82 Å². The second-order valence-corrected chi connectivity index (χ2v) is 4.87. The highest BCUT2D eigenvalue weighted by Gasteiger charge is 2.25. The number of nitrogens with zero attached hydrogens (tertiary/aromatic N) is 5. The molecule has 0 atom stereocenters. The Hall–Kier alpha value is -2.71. The van der Waals surface area contributed by atoms with Crippen molar-refractivity contribution < 1.29 is 9.90 Å². The first-order valence-corrected chi connectivity index (χ1v) is 6.55. The van der Waals surface area contributed by atoms with Gasteiger partial charge in [0.2, 0.25) is 0 Å². The number of hydrogen-bond donors (Lipinski definition) is 2. The topological polar surface area (TPSA) is 115 Å². The maximum atomic E-state index is 12.1. The van der Waals surface area contributed by atoms with Gasteiger partial charge in [-0.25, -0.2) is 9.67 Å². The summed E-state index contributed by atoms with van der Waals surface area (Å²) in [5.74, 6) is -0.728. The second kappa shape index (κ2) is 5.35. The normalized spacial score (nSPS) is 14.1. The number of nitrogens with one attached hydrogen (secondary N) is 1. The van der Waals surface area contributed by atoms with Gasteiger partial charge in [0.15, 0.2) is 5.82 Å². The molecule has 2 N–H and O–H groups in total. The van der Waals surface area contributed by atoms with Gasteiger partial charge in [0.25, 0.3) is 5.56 Å². The van der Waals surface area contributed by atoms with E-state index >= 15 is 0 Å². The van der Waals surface area contributed by atoms with Gasteiger partial charge in [0.05, 0.1) is 12.7 Å². The fraction of sp³-hybridized carbons (Fsp3) is 0.417. The first-order valence-electron chi connectivity index (χ1n) is 6.55. The Bertz CT molecular complexity index is 718. The summed E-state index contributed by atoms with van der Waals surface area (Å²) in [4.78, 5) is 26.7. The highest BCUT2D eigenvalue weighted by molar-refractivity contribution is 5.66. The summed E-state index contributed by atoms with van der Waals surface area (Å²) in [6.07, 6.45) is 6.83. The van der Waals surface area contributed by atoms with Crippen LogP contribution in [0.5, 0.6) is 0 Å². The summed E-state index contributed by atoms with van der Waals surface area (Å²) in [6.45, 7) is 0.0155. The monoisotopic (exact) mass is 290 g/mol. The quantitative estimate of drug-likeness (QED) is 0.761. The number of hydrogen-bond acceptors (Lipinski definition) is 6. The zero-order valence-electron chi connectivity index (χ0n) is 11.1. The highest BCUT2D eigenvalue weighted by atomic mass is 16.4. The van der Waals surface area contributed by atoms with Gasteiger partial charge >= 0.3 is 5.97 Å². The largest absolute Gasteiger partial charge is 0.480 e. The Morgan fingerprint density at radius 3 is 3.00 bits per heavy atom. The maximum absolute atomic E-state index is 12.1. The molecule has 0 saturated heterocycles. The van der Waals surface area contributed by atoms with Gasteiger partial charge in [-0.15, -0.1) is 5.10 Å².